The summed E-state index contributed by atoms with van der Waals surface area (Å²) >= 11 is 1.37. The van der Waals surface area contributed by atoms with E-state index in [1.54, 1.807) is 42.5 Å². The maximum atomic E-state index is 12.5. The van der Waals surface area contributed by atoms with Crippen molar-refractivity contribution in [3.8, 4) is 0 Å². The summed E-state index contributed by atoms with van der Waals surface area (Å²) in [6.07, 6.45) is 0. The molecule has 0 aromatic heterocycles. The van der Waals surface area contributed by atoms with E-state index in [2.05, 4.69) is 5.32 Å². The fourth-order valence-corrected chi connectivity index (χ4v) is 3.97. The number of amides is 3. The van der Waals surface area contributed by atoms with Crippen LogP contribution in [0.3, 0.4) is 0 Å². The molecular weight excluding hydrogens is 384 g/mol. The molecule has 6 heteroatoms. The number of carbonyl (C=O) groups excluding carboxylic acids is 3. The van der Waals surface area contributed by atoms with E-state index in [0.717, 1.165) is 10.5 Å². The van der Waals surface area contributed by atoms with E-state index in [1.807, 2.05) is 37.3 Å². The van der Waals surface area contributed by atoms with Crippen molar-refractivity contribution in [2.45, 2.75) is 11.8 Å². The number of hydrogen-bond acceptors (Lipinski definition) is 4. The molecule has 1 aliphatic heterocycles. The van der Waals surface area contributed by atoms with E-state index in [1.165, 1.54) is 16.7 Å². The van der Waals surface area contributed by atoms with Crippen molar-refractivity contribution in [1.29, 1.82) is 0 Å². The SMILES string of the molecule is Cc1ccc(C(=O)Nc2cccc(SCN3C(=O)c4ccccc4C3=O)c2)cc1. The van der Waals surface area contributed by atoms with Crippen LogP contribution in [-0.4, -0.2) is 28.5 Å². The lowest BCUT2D eigenvalue weighted by atomic mass is 10.1. The number of fused-ring (bicyclic) bond motifs is 1. The number of aryl methyl sites for hydroxylation is 1. The Morgan fingerprint density at radius 1 is 0.897 bits per heavy atom. The fraction of sp³-hybridized carbons (Fsp3) is 0.0870. The van der Waals surface area contributed by atoms with E-state index >= 15 is 0 Å². The monoisotopic (exact) mass is 402 g/mol. The molecule has 144 valence electrons. The van der Waals surface area contributed by atoms with E-state index in [-0.39, 0.29) is 23.6 Å². The second-order valence-electron chi connectivity index (χ2n) is 6.71. The number of nitrogens with zero attached hydrogens (tertiary/aromatic N) is 1. The highest BCUT2D eigenvalue weighted by molar-refractivity contribution is 7.99. The van der Waals surface area contributed by atoms with Gasteiger partial charge in [0.1, 0.15) is 0 Å². The third kappa shape index (κ3) is 3.93. The van der Waals surface area contributed by atoms with Crippen molar-refractivity contribution in [1.82, 2.24) is 4.90 Å². The Labute approximate surface area is 172 Å². The number of hydrogen-bond donors (Lipinski definition) is 1. The minimum absolute atomic E-state index is 0.188. The van der Waals surface area contributed by atoms with Crippen LogP contribution in [0.4, 0.5) is 5.69 Å². The predicted octanol–water partition coefficient (Wildman–Crippen LogP) is 4.59. The standard InChI is InChI=1S/C23H18N2O3S/c1-15-9-11-16(12-10-15)21(26)24-17-5-4-6-18(13-17)29-14-25-22(27)19-7-2-3-8-20(19)23(25)28/h2-13H,14H2,1H3,(H,24,26). The van der Waals surface area contributed by atoms with Crippen molar-refractivity contribution in [3.63, 3.8) is 0 Å². The molecule has 0 atom stereocenters. The third-order valence-corrected chi connectivity index (χ3v) is 5.62. The molecule has 0 saturated carbocycles. The number of nitrogens with one attached hydrogen (secondary N) is 1. The van der Waals surface area contributed by atoms with Gasteiger partial charge in [0.2, 0.25) is 0 Å². The van der Waals surface area contributed by atoms with Crippen LogP contribution in [0.2, 0.25) is 0 Å². The molecule has 0 bridgehead atoms. The maximum Gasteiger partial charge on any atom is 0.262 e. The van der Waals surface area contributed by atoms with Gasteiger partial charge in [-0.2, -0.15) is 0 Å². The van der Waals surface area contributed by atoms with Crippen LogP contribution in [0.5, 0.6) is 0 Å². The fourth-order valence-electron chi connectivity index (χ4n) is 3.07. The number of imide groups is 1. The molecule has 3 aromatic carbocycles. The number of benzene rings is 3. The van der Waals surface area contributed by atoms with Gasteiger partial charge in [0.05, 0.1) is 17.0 Å². The molecule has 4 rings (SSSR count). The van der Waals surface area contributed by atoms with E-state index < -0.39 is 0 Å². The second-order valence-corrected chi connectivity index (χ2v) is 7.72. The van der Waals surface area contributed by atoms with Crippen LogP contribution in [-0.2, 0) is 0 Å². The average Bonchev–Trinajstić information content (AvgIpc) is 2.97. The van der Waals surface area contributed by atoms with Gasteiger partial charge in [-0.3, -0.25) is 19.3 Å². The van der Waals surface area contributed by atoms with Gasteiger partial charge in [-0.05, 0) is 49.4 Å². The van der Waals surface area contributed by atoms with E-state index in [0.29, 0.717) is 22.4 Å². The van der Waals surface area contributed by atoms with Crippen molar-refractivity contribution in [2.24, 2.45) is 0 Å². The Morgan fingerprint density at radius 3 is 2.21 bits per heavy atom. The van der Waals surface area contributed by atoms with Crippen molar-refractivity contribution in [3.05, 3.63) is 95.1 Å². The van der Waals surface area contributed by atoms with Crippen LogP contribution in [0.15, 0.2) is 77.7 Å². The highest BCUT2D eigenvalue weighted by Crippen LogP contribution is 2.28. The largest absolute Gasteiger partial charge is 0.322 e. The molecule has 3 aromatic rings. The molecule has 0 fully saturated rings. The van der Waals surface area contributed by atoms with Gasteiger partial charge < -0.3 is 5.32 Å². The minimum atomic E-state index is -0.276. The zero-order valence-corrected chi connectivity index (χ0v) is 16.5. The number of thioether (sulfide) groups is 1. The van der Waals surface area contributed by atoms with Crippen LogP contribution in [0, 0.1) is 6.92 Å². The Bertz CT molecular complexity index is 1070. The highest BCUT2D eigenvalue weighted by atomic mass is 32.2. The Morgan fingerprint density at radius 2 is 1.55 bits per heavy atom. The first kappa shape index (κ1) is 19.0. The summed E-state index contributed by atoms with van der Waals surface area (Å²) in [4.78, 5) is 39.4. The Hall–Kier alpha value is -3.38. The Balaban J connectivity index is 1.42. The smallest absolute Gasteiger partial charge is 0.262 e. The molecule has 0 spiro atoms. The minimum Gasteiger partial charge on any atom is -0.322 e. The number of rotatable bonds is 5. The van der Waals surface area contributed by atoms with Crippen molar-refractivity contribution in [2.75, 3.05) is 11.2 Å². The molecule has 0 saturated heterocycles. The Kier molecular flexibility index (Phi) is 5.18. The first-order valence-corrected chi connectivity index (χ1v) is 10.1. The van der Waals surface area contributed by atoms with Crippen LogP contribution in [0.25, 0.3) is 0 Å². The topological polar surface area (TPSA) is 66.5 Å². The van der Waals surface area contributed by atoms with Gasteiger partial charge in [0, 0.05) is 16.1 Å². The third-order valence-electron chi connectivity index (χ3n) is 4.64. The molecule has 3 amide bonds. The van der Waals surface area contributed by atoms with Crippen molar-refractivity contribution < 1.29 is 14.4 Å². The zero-order chi connectivity index (χ0) is 20.4. The summed E-state index contributed by atoms with van der Waals surface area (Å²) < 4.78 is 0. The molecular formula is C23H18N2O3S. The molecule has 0 aliphatic carbocycles. The van der Waals surface area contributed by atoms with Gasteiger partial charge in [0.25, 0.3) is 17.7 Å². The van der Waals surface area contributed by atoms with Gasteiger partial charge in [-0.15, -0.1) is 11.8 Å². The quantitative estimate of drug-likeness (QED) is 0.501. The average molecular weight is 402 g/mol. The van der Waals surface area contributed by atoms with Crippen LogP contribution in [0.1, 0.15) is 36.6 Å². The lowest BCUT2D eigenvalue weighted by Crippen LogP contribution is -2.29. The molecule has 0 unspecified atom stereocenters. The second kappa shape index (κ2) is 7.93. The molecule has 5 nitrogen and oxygen atoms in total. The van der Waals surface area contributed by atoms with Gasteiger partial charge >= 0.3 is 0 Å². The molecule has 1 aliphatic rings. The summed E-state index contributed by atoms with van der Waals surface area (Å²) in [6, 6.07) is 21.5. The maximum absolute atomic E-state index is 12.5. The van der Waals surface area contributed by atoms with E-state index in [4.69, 9.17) is 0 Å². The summed E-state index contributed by atoms with van der Waals surface area (Å²) in [5, 5.41) is 2.88. The molecule has 29 heavy (non-hydrogen) atoms. The zero-order valence-electron chi connectivity index (χ0n) is 15.7. The van der Waals surface area contributed by atoms with Crippen molar-refractivity contribution >= 4 is 35.2 Å². The van der Waals surface area contributed by atoms with Gasteiger partial charge in [-0.1, -0.05) is 35.9 Å². The van der Waals surface area contributed by atoms with Gasteiger partial charge in [0.15, 0.2) is 0 Å². The highest BCUT2D eigenvalue weighted by Gasteiger charge is 2.34. The molecule has 1 N–H and O–H groups in total. The number of anilines is 1. The van der Waals surface area contributed by atoms with Gasteiger partial charge in [-0.25, -0.2) is 0 Å². The molecule has 0 radical (unpaired) electrons. The molecule has 1 heterocycles. The summed E-state index contributed by atoms with van der Waals surface area (Å²) in [5.74, 6) is -0.529. The normalized spacial score (nSPS) is 12.8. The van der Waals surface area contributed by atoms with Crippen LogP contribution < -0.4 is 5.32 Å². The first-order valence-electron chi connectivity index (χ1n) is 9.09. The predicted molar refractivity (Wildman–Crippen MR) is 113 cm³/mol. The summed E-state index contributed by atoms with van der Waals surface area (Å²) in [6.45, 7) is 1.97. The summed E-state index contributed by atoms with van der Waals surface area (Å²) in [5.41, 5.74) is 3.21. The summed E-state index contributed by atoms with van der Waals surface area (Å²) in [7, 11) is 0. The number of carbonyl (C=O) groups is 3. The first-order chi connectivity index (χ1) is 14.0. The lowest BCUT2D eigenvalue weighted by molar-refractivity contribution is 0.0683. The van der Waals surface area contributed by atoms with Crippen LogP contribution >= 0.6 is 11.8 Å². The lowest BCUT2D eigenvalue weighted by Gasteiger charge is -2.14. The van der Waals surface area contributed by atoms with E-state index in [9.17, 15) is 14.4 Å².